The van der Waals surface area contributed by atoms with E-state index >= 15 is 0 Å². The highest BCUT2D eigenvalue weighted by Crippen LogP contribution is 2.64. The summed E-state index contributed by atoms with van der Waals surface area (Å²) in [6.07, 6.45) is 6.91. The number of nitrogens with zero attached hydrogens (tertiary/aromatic N) is 1. The van der Waals surface area contributed by atoms with Crippen LogP contribution in [0.25, 0.3) is 0 Å². The SMILES string of the molecule is Cc1ccc(C23C[C@H]4C[C@@H](CC(Cl)(C4)C2)C3)cc1[N+](=O)[O-]. The zero-order valence-electron chi connectivity index (χ0n) is 12.3. The largest absolute Gasteiger partial charge is 0.272 e. The van der Waals surface area contributed by atoms with Crippen molar-refractivity contribution in [3.63, 3.8) is 0 Å². The van der Waals surface area contributed by atoms with Crippen molar-refractivity contribution in [2.45, 2.75) is 55.7 Å². The lowest BCUT2D eigenvalue weighted by molar-refractivity contribution is -0.385. The topological polar surface area (TPSA) is 43.1 Å². The van der Waals surface area contributed by atoms with E-state index in [2.05, 4.69) is 6.07 Å². The van der Waals surface area contributed by atoms with Crippen LogP contribution in [0.1, 0.15) is 49.7 Å². The number of alkyl halides is 1. The highest BCUT2D eigenvalue weighted by molar-refractivity contribution is 6.24. The second-order valence-electron chi connectivity index (χ2n) is 7.65. The van der Waals surface area contributed by atoms with Gasteiger partial charge in [0.05, 0.1) is 4.92 Å². The number of rotatable bonds is 2. The van der Waals surface area contributed by atoms with E-state index in [4.69, 9.17) is 11.6 Å². The molecule has 4 aliphatic carbocycles. The standard InChI is InChI=1S/C17H20ClNO2/c1-11-2-3-14(5-15(11)19(20)21)16-6-12-4-13(7-16)9-17(18,8-12)10-16/h2-3,5,12-13H,4,6-10H2,1H3/t12-,13-,16?,17?/m1/s1. The zero-order chi connectivity index (χ0) is 14.8. The Morgan fingerprint density at radius 2 is 1.90 bits per heavy atom. The Kier molecular flexibility index (Phi) is 2.73. The van der Waals surface area contributed by atoms with E-state index in [1.165, 1.54) is 6.42 Å². The van der Waals surface area contributed by atoms with Crippen molar-refractivity contribution in [1.82, 2.24) is 0 Å². The molecule has 2 atom stereocenters. The van der Waals surface area contributed by atoms with Crippen molar-refractivity contribution >= 4 is 17.3 Å². The third kappa shape index (κ3) is 2.01. The summed E-state index contributed by atoms with van der Waals surface area (Å²) in [7, 11) is 0. The quantitative estimate of drug-likeness (QED) is 0.450. The van der Waals surface area contributed by atoms with E-state index in [1.807, 2.05) is 19.1 Å². The molecule has 0 heterocycles. The Labute approximate surface area is 129 Å². The van der Waals surface area contributed by atoms with Crippen LogP contribution >= 0.6 is 11.6 Å². The molecule has 4 aliphatic rings. The summed E-state index contributed by atoms with van der Waals surface area (Å²) in [6, 6.07) is 5.84. The molecule has 3 nitrogen and oxygen atoms in total. The first kappa shape index (κ1) is 13.6. The summed E-state index contributed by atoms with van der Waals surface area (Å²) < 4.78 is 0. The zero-order valence-corrected chi connectivity index (χ0v) is 13.0. The van der Waals surface area contributed by atoms with Crippen molar-refractivity contribution in [2.24, 2.45) is 11.8 Å². The molecule has 0 saturated heterocycles. The third-order valence-electron chi connectivity index (χ3n) is 6.01. The Morgan fingerprint density at radius 1 is 1.24 bits per heavy atom. The molecular formula is C17H20ClNO2. The summed E-state index contributed by atoms with van der Waals surface area (Å²) in [6.45, 7) is 1.81. The van der Waals surface area contributed by atoms with Gasteiger partial charge in [-0.15, -0.1) is 11.6 Å². The van der Waals surface area contributed by atoms with Crippen molar-refractivity contribution in [2.75, 3.05) is 0 Å². The van der Waals surface area contributed by atoms with Crippen LogP contribution in [0.15, 0.2) is 18.2 Å². The highest BCUT2D eigenvalue weighted by atomic mass is 35.5. The van der Waals surface area contributed by atoms with E-state index in [1.54, 1.807) is 0 Å². The molecule has 1 aromatic rings. The van der Waals surface area contributed by atoms with E-state index in [-0.39, 0.29) is 20.9 Å². The van der Waals surface area contributed by atoms with Gasteiger partial charge < -0.3 is 0 Å². The molecule has 0 aliphatic heterocycles. The summed E-state index contributed by atoms with van der Waals surface area (Å²) in [5, 5.41) is 11.2. The van der Waals surface area contributed by atoms with Crippen molar-refractivity contribution in [1.29, 1.82) is 0 Å². The minimum absolute atomic E-state index is 0.0518. The van der Waals surface area contributed by atoms with Gasteiger partial charge in [0.15, 0.2) is 0 Å². The number of hydrogen-bond acceptors (Lipinski definition) is 2. The third-order valence-corrected chi connectivity index (χ3v) is 6.45. The average Bonchev–Trinajstić information content (AvgIpc) is 2.35. The number of nitro benzene ring substituents is 1. The number of hydrogen-bond donors (Lipinski definition) is 0. The molecule has 0 radical (unpaired) electrons. The maximum absolute atomic E-state index is 11.2. The molecule has 4 heteroatoms. The lowest BCUT2D eigenvalue weighted by Crippen LogP contribution is -2.55. The number of aryl methyl sites for hydroxylation is 1. The van der Waals surface area contributed by atoms with Gasteiger partial charge in [-0.2, -0.15) is 0 Å². The molecule has 5 rings (SSSR count). The fourth-order valence-corrected chi connectivity index (χ4v) is 6.32. The van der Waals surface area contributed by atoms with Crippen molar-refractivity contribution in [3.8, 4) is 0 Å². The monoisotopic (exact) mass is 305 g/mol. The molecule has 0 aromatic heterocycles. The van der Waals surface area contributed by atoms with Gasteiger partial charge in [0, 0.05) is 16.5 Å². The molecule has 0 unspecified atom stereocenters. The van der Waals surface area contributed by atoms with Crippen LogP contribution in [-0.4, -0.2) is 9.80 Å². The van der Waals surface area contributed by atoms with Gasteiger partial charge in [0.2, 0.25) is 0 Å². The van der Waals surface area contributed by atoms with E-state index < -0.39 is 0 Å². The lowest BCUT2D eigenvalue weighted by atomic mass is 9.47. The first-order chi connectivity index (χ1) is 9.89. The predicted molar refractivity (Wildman–Crippen MR) is 82.8 cm³/mol. The Hall–Kier alpha value is -1.09. The molecule has 0 spiro atoms. The van der Waals surface area contributed by atoms with Crippen LogP contribution in [-0.2, 0) is 5.41 Å². The second kappa shape index (κ2) is 4.22. The van der Waals surface area contributed by atoms with Crippen LogP contribution in [0.4, 0.5) is 5.69 Å². The maximum Gasteiger partial charge on any atom is 0.272 e. The molecule has 1 aromatic carbocycles. The van der Waals surface area contributed by atoms with Gasteiger partial charge in [-0.1, -0.05) is 12.1 Å². The number of benzene rings is 1. The fraction of sp³-hybridized carbons (Fsp3) is 0.647. The molecule has 112 valence electrons. The number of nitro groups is 1. The summed E-state index contributed by atoms with van der Waals surface area (Å²) in [4.78, 5) is 10.9. The maximum atomic E-state index is 11.2. The van der Waals surface area contributed by atoms with Crippen LogP contribution in [0.5, 0.6) is 0 Å². The molecule has 4 bridgehead atoms. The Bertz CT molecular complexity index is 613. The van der Waals surface area contributed by atoms with Crippen LogP contribution in [0.3, 0.4) is 0 Å². The van der Waals surface area contributed by atoms with Crippen molar-refractivity contribution in [3.05, 3.63) is 39.4 Å². The summed E-state index contributed by atoms with van der Waals surface area (Å²) >= 11 is 6.87. The van der Waals surface area contributed by atoms with Crippen LogP contribution < -0.4 is 0 Å². The van der Waals surface area contributed by atoms with Gasteiger partial charge in [-0.25, -0.2) is 0 Å². The Balaban J connectivity index is 1.79. The van der Waals surface area contributed by atoms with Gasteiger partial charge >= 0.3 is 0 Å². The first-order valence-electron chi connectivity index (χ1n) is 7.84. The fourth-order valence-electron chi connectivity index (χ4n) is 5.62. The lowest BCUT2D eigenvalue weighted by Gasteiger charge is -2.60. The molecular weight excluding hydrogens is 286 g/mol. The van der Waals surface area contributed by atoms with Crippen LogP contribution in [0, 0.1) is 28.9 Å². The number of halogens is 1. The van der Waals surface area contributed by atoms with Gasteiger partial charge in [0.25, 0.3) is 5.69 Å². The first-order valence-corrected chi connectivity index (χ1v) is 8.21. The van der Waals surface area contributed by atoms with E-state index in [9.17, 15) is 10.1 Å². The van der Waals surface area contributed by atoms with E-state index in [0.29, 0.717) is 11.8 Å². The normalized spacial score (nSPS) is 40.5. The van der Waals surface area contributed by atoms with E-state index in [0.717, 1.165) is 43.2 Å². The highest BCUT2D eigenvalue weighted by Gasteiger charge is 2.57. The van der Waals surface area contributed by atoms with Gasteiger partial charge in [0.1, 0.15) is 0 Å². The predicted octanol–water partition coefficient (Wildman–Crippen LogP) is 4.73. The minimum atomic E-state index is -0.254. The molecule has 0 amide bonds. The summed E-state index contributed by atoms with van der Waals surface area (Å²) in [5.74, 6) is 1.42. The molecule has 4 saturated carbocycles. The summed E-state index contributed by atoms with van der Waals surface area (Å²) in [5.41, 5.74) is 2.24. The molecule has 0 N–H and O–H groups in total. The molecule has 21 heavy (non-hydrogen) atoms. The average molecular weight is 306 g/mol. The smallest absolute Gasteiger partial charge is 0.258 e. The molecule has 4 fully saturated rings. The van der Waals surface area contributed by atoms with Crippen molar-refractivity contribution < 1.29 is 4.92 Å². The van der Waals surface area contributed by atoms with Crippen LogP contribution in [0.2, 0.25) is 0 Å². The van der Waals surface area contributed by atoms with Gasteiger partial charge in [-0.05, 0) is 68.3 Å². The Morgan fingerprint density at radius 3 is 2.48 bits per heavy atom. The minimum Gasteiger partial charge on any atom is -0.258 e. The second-order valence-corrected chi connectivity index (χ2v) is 8.45. The van der Waals surface area contributed by atoms with Gasteiger partial charge in [-0.3, -0.25) is 10.1 Å².